The predicted molar refractivity (Wildman–Crippen MR) is 88.8 cm³/mol. The zero-order chi connectivity index (χ0) is 16.8. The molecular weight excluding hydrogens is 292 g/mol. The maximum absolute atomic E-state index is 12.1. The Hall–Kier alpha value is -2.17. The van der Waals surface area contributed by atoms with Crippen LogP contribution in [0, 0.1) is 6.92 Å². The van der Waals surface area contributed by atoms with E-state index in [0.717, 1.165) is 16.7 Å². The van der Waals surface area contributed by atoms with Crippen molar-refractivity contribution in [1.29, 1.82) is 0 Å². The maximum atomic E-state index is 12.1. The molecule has 1 fully saturated rings. The van der Waals surface area contributed by atoms with Crippen LogP contribution in [0.3, 0.4) is 0 Å². The average Bonchev–Trinajstić information content (AvgIpc) is 2.99. The Morgan fingerprint density at radius 1 is 1.30 bits per heavy atom. The minimum absolute atomic E-state index is 0.445. The summed E-state index contributed by atoms with van der Waals surface area (Å²) in [7, 11) is 1.35. The van der Waals surface area contributed by atoms with E-state index in [1.54, 1.807) is 12.2 Å². The summed E-state index contributed by atoms with van der Waals surface area (Å²) in [5.41, 5.74) is 2.76. The van der Waals surface area contributed by atoms with E-state index in [1.165, 1.54) is 7.11 Å². The van der Waals surface area contributed by atoms with E-state index < -0.39 is 24.5 Å². The fourth-order valence-electron chi connectivity index (χ4n) is 2.58. The first-order valence-corrected chi connectivity index (χ1v) is 7.52. The molecule has 2 rings (SSSR count). The molecule has 0 amide bonds. The molecule has 1 heterocycles. The largest absolute Gasteiger partial charge is 0.467 e. The minimum atomic E-state index is -0.801. The lowest BCUT2D eigenvalue weighted by Gasteiger charge is -2.17. The second kappa shape index (κ2) is 7.90. The molecule has 0 spiro atoms. The Kier molecular flexibility index (Phi) is 5.90. The molecule has 0 saturated carbocycles. The van der Waals surface area contributed by atoms with E-state index in [1.807, 2.05) is 50.3 Å². The van der Waals surface area contributed by atoms with Crippen LogP contribution in [0.4, 0.5) is 0 Å². The van der Waals surface area contributed by atoms with Gasteiger partial charge in [0.1, 0.15) is 6.10 Å². The van der Waals surface area contributed by atoms with Crippen LogP contribution in [0.2, 0.25) is 0 Å². The third-order valence-corrected chi connectivity index (χ3v) is 3.69. The van der Waals surface area contributed by atoms with Crippen LogP contribution in [-0.4, -0.2) is 25.5 Å². The Morgan fingerprint density at radius 2 is 2.04 bits per heavy atom. The second-order valence-corrected chi connectivity index (χ2v) is 5.23. The Balaban J connectivity index is 2.37. The monoisotopic (exact) mass is 314 g/mol. The van der Waals surface area contributed by atoms with E-state index in [4.69, 9.17) is 14.2 Å². The fourth-order valence-corrected chi connectivity index (χ4v) is 2.58. The lowest BCUT2D eigenvalue weighted by molar-refractivity contribution is -0.153. The third kappa shape index (κ3) is 3.78. The van der Waals surface area contributed by atoms with Gasteiger partial charge in [0.2, 0.25) is 0 Å². The van der Waals surface area contributed by atoms with Crippen LogP contribution in [0.5, 0.6) is 0 Å². The number of esters is 1. The number of carbonyl (C=O) groups is 1. The second-order valence-electron chi connectivity index (χ2n) is 5.23. The number of aryl methyl sites for hydroxylation is 1. The quantitative estimate of drug-likeness (QED) is 0.615. The molecule has 0 radical (unpaired) electrons. The summed E-state index contributed by atoms with van der Waals surface area (Å²) >= 11 is 0. The SMILES string of the molecule is C=CC=C(C=CC)C1OC(C(=O)OC)C(c2ccccc2C)O1. The molecule has 0 bridgehead atoms. The highest BCUT2D eigenvalue weighted by atomic mass is 16.7. The van der Waals surface area contributed by atoms with E-state index in [0.29, 0.717) is 0 Å². The van der Waals surface area contributed by atoms with E-state index >= 15 is 0 Å². The topological polar surface area (TPSA) is 44.8 Å². The Bertz CT molecular complexity index is 630. The van der Waals surface area contributed by atoms with Gasteiger partial charge in [-0.15, -0.1) is 0 Å². The molecule has 3 unspecified atom stereocenters. The highest BCUT2D eigenvalue weighted by molar-refractivity contribution is 5.76. The first kappa shape index (κ1) is 17.2. The van der Waals surface area contributed by atoms with Crippen molar-refractivity contribution in [2.24, 2.45) is 0 Å². The summed E-state index contributed by atoms with van der Waals surface area (Å²) in [5, 5.41) is 0. The van der Waals surface area contributed by atoms with Gasteiger partial charge >= 0.3 is 5.97 Å². The van der Waals surface area contributed by atoms with E-state index in [-0.39, 0.29) is 0 Å². The van der Waals surface area contributed by atoms with Gasteiger partial charge in [-0.1, -0.05) is 55.1 Å². The summed E-state index contributed by atoms with van der Waals surface area (Å²) < 4.78 is 16.8. The van der Waals surface area contributed by atoms with Gasteiger partial charge in [0, 0.05) is 5.57 Å². The number of hydrogen-bond donors (Lipinski definition) is 0. The van der Waals surface area contributed by atoms with Crippen molar-refractivity contribution in [3.05, 3.63) is 71.8 Å². The highest BCUT2D eigenvalue weighted by Gasteiger charge is 2.43. The highest BCUT2D eigenvalue weighted by Crippen LogP contribution is 2.37. The Morgan fingerprint density at radius 3 is 2.65 bits per heavy atom. The molecule has 23 heavy (non-hydrogen) atoms. The van der Waals surface area contributed by atoms with Crippen molar-refractivity contribution in [3.8, 4) is 0 Å². The zero-order valence-corrected chi connectivity index (χ0v) is 13.7. The molecule has 1 saturated heterocycles. The number of methoxy groups -OCH3 is 1. The fraction of sp³-hybridized carbons (Fsp3) is 0.316. The van der Waals surface area contributed by atoms with Crippen molar-refractivity contribution in [3.63, 3.8) is 0 Å². The van der Waals surface area contributed by atoms with Gasteiger partial charge in [-0.2, -0.15) is 0 Å². The minimum Gasteiger partial charge on any atom is -0.467 e. The van der Waals surface area contributed by atoms with Gasteiger partial charge in [-0.25, -0.2) is 4.79 Å². The van der Waals surface area contributed by atoms with Crippen LogP contribution >= 0.6 is 0 Å². The molecule has 3 atom stereocenters. The van der Waals surface area contributed by atoms with Gasteiger partial charge in [0.25, 0.3) is 0 Å². The van der Waals surface area contributed by atoms with Crippen LogP contribution in [0.1, 0.15) is 24.2 Å². The van der Waals surface area contributed by atoms with Crippen molar-refractivity contribution in [2.45, 2.75) is 32.3 Å². The van der Waals surface area contributed by atoms with Gasteiger partial charge < -0.3 is 14.2 Å². The van der Waals surface area contributed by atoms with Gasteiger partial charge in [0.15, 0.2) is 12.4 Å². The summed E-state index contributed by atoms with van der Waals surface area (Å²) in [4.78, 5) is 12.1. The van der Waals surface area contributed by atoms with Gasteiger partial charge in [0.05, 0.1) is 7.11 Å². The molecule has 1 aliphatic heterocycles. The smallest absolute Gasteiger partial charge is 0.338 e. The van der Waals surface area contributed by atoms with Crippen LogP contribution in [0.15, 0.2) is 60.7 Å². The van der Waals surface area contributed by atoms with Crippen molar-refractivity contribution in [2.75, 3.05) is 7.11 Å². The molecule has 0 aliphatic carbocycles. The molecule has 122 valence electrons. The zero-order valence-electron chi connectivity index (χ0n) is 13.7. The predicted octanol–water partition coefficient (Wildman–Crippen LogP) is 3.64. The lowest BCUT2D eigenvalue weighted by atomic mass is 10.00. The molecule has 4 nitrogen and oxygen atoms in total. The summed E-state index contributed by atoms with van der Waals surface area (Å²) in [6.07, 6.45) is 5.28. The number of allylic oxidation sites excluding steroid dienone is 3. The van der Waals surface area contributed by atoms with E-state index in [2.05, 4.69) is 6.58 Å². The molecule has 0 N–H and O–H groups in total. The molecular formula is C19H22O4. The maximum Gasteiger partial charge on any atom is 0.338 e. The normalized spacial score (nSPS) is 24.8. The van der Waals surface area contributed by atoms with Crippen molar-refractivity contribution in [1.82, 2.24) is 0 Å². The molecule has 1 aromatic carbocycles. The third-order valence-electron chi connectivity index (χ3n) is 3.69. The van der Waals surface area contributed by atoms with Crippen LogP contribution < -0.4 is 0 Å². The standard InChI is InChI=1S/C19H22O4/c1-5-9-14(10-6-2)19-22-16(17(23-19)18(20)21-4)15-12-8-7-11-13(15)3/h5-12,16-17,19H,1H2,2-4H3. The number of ether oxygens (including phenoxy) is 3. The van der Waals surface area contributed by atoms with E-state index in [9.17, 15) is 4.79 Å². The summed E-state index contributed by atoms with van der Waals surface area (Å²) in [5.74, 6) is -0.445. The van der Waals surface area contributed by atoms with Gasteiger partial charge in [-0.3, -0.25) is 0 Å². The lowest BCUT2D eigenvalue weighted by Crippen LogP contribution is -2.28. The summed E-state index contributed by atoms with van der Waals surface area (Å²) in [6.45, 7) is 7.59. The summed E-state index contributed by atoms with van der Waals surface area (Å²) in [6, 6.07) is 7.78. The van der Waals surface area contributed by atoms with Crippen molar-refractivity contribution < 1.29 is 19.0 Å². The van der Waals surface area contributed by atoms with Crippen LogP contribution in [0.25, 0.3) is 0 Å². The molecule has 1 aliphatic rings. The molecule has 4 heteroatoms. The first-order valence-electron chi connectivity index (χ1n) is 7.52. The number of carbonyl (C=O) groups excluding carboxylic acids is 1. The molecule has 1 aromatic rings. The average molecular weight is 314 g/mol. The van der Waals surface area contributed by atoms with Gasteiger partial charge in [-0.05, 0) is 25.0 Å². The Labute approximate surface area is 137 Å². The first-order chi connectivity index (χ1) is 11.1. The number of hydrogen-bond acceptors (Lipinski definition) is 4. The van der Waals surface area contributed by atoms with Crippen LogP contribution in [-0.2, 0) is 19.0 Å². The number of rotatable bonds is 5. The van der Waals surface area contributed by atoms with Crippen molar-refractivity contribution >= 4 is 5.97 Å². The molecule has 0 aromatic heterocycles. The number of benzene rings is 1.